The summed E-state index contributed by atoms with van der Waals surface area (Å²) in [5, 5.41) is 3.16. The summed E-state index contributed by atoms with van der Waals surface area (Å²) in [7, 11) is 8.03. The summed E-state index contributed by atoms with van der Waals surface area (Å²) < 4.78 is 0. The highest BCUT2D eigenvalue weighted by Crippen LogP contribution is 2.17. The highest BCUT2D eigenvalue weighted by Gasteiger charge is 2.09. The molecule has 5 heteroatoms. The Morgan fingerprint density at radius 1 is 1.38 bits per heavy atom. The van der Waals surface area contributed by atoms with Crippen LogP contribution in [0.1, 0.15) is 17.8 Å². The van der Waals surface area contributed by atoms with E-state index in [1.807, 2.05) is 49.6 Å². The molecule has 0 saturated carbocycles. The topological polar surface area (TPSA) is 31.7 Å². The number of hydrogen-bond donors (Lipinski definition) is 0. The van der Waals surface area contributed by atoms with E-state index in [-0.39, 0.29) is 0 Å². The Kier molecular flexibility index (Phi) is 4.73. The highest BCUT2D eigenvalue weighted by molar-refractivity contribution is 7.09. The highest BCUT2D eigenvalue weighted by atomic mass is 32.1. The van der Waals surface area contributed by atoms with Crippen molar-refractivity contribution >= 4 is 17.3 Å². The molecule has 0 amide bonds. The van der Waals surface area contributed by atoms with Crippen molar-refractivity contribution in [2.24, 2.45) is 4.99 Å². The van der Waals surface area contributed by atoms with Crippen LogP contribution in [0.5, 0.6) is 0 Å². The molecule has 90 valence electrons. The third-order valence-corrected chi connectivity index (χ3v) is 3.19. The number of aromatic nitrogens is 1. The molecule has 0 aromatic carbocycles. The molecule has 0 radical (unpaired) electrons. The van der Waals surface area contributed by atoms with E-state index in [4.69, 9.17) is 0 Å². The minimum atomic E-state index is 0.384. The first kappa shape index (κ1) is 13.0. The summed E-state index contributed by atoms with van der Waals surface area (Å²) in [6.07, 6.45) is 1.85. The van der Waals surface area contributed by atoms with E-state index in [9.17, 15) is 0 Å². The van der Waals surface area contributed by atoms with Gasteiger partial charge in [-0.25, -0.2) is 4.98 Å². The van der Waals surface area contributed by atoms with Crippen molar-refractivity contribution in [3.05, 3.63) is 16.6 Å². The molecule has 0 saturated heterocycles. The lowest BCUT2D eigenvalue weighted by Crippen LogP contribution is -2.35. The molecule has 1 rings (SSSR count). The van der Waals surface area contributed by atoms with E-state index >= 15 is 0 Å². The average Bonchev–Trinajstić information content (AvgIpc) is 2.69. The Labute approximate surface area is 102 Å². The maximum absolute atomic E-state index is 4.61. The molecule has 0 aliphatic carbocycles. The van der Waals surface area contributed by atoms with Gasteiger partial charge in [0.2, 0.25) is 0 Å². The Morgan fingerprint density at radius 2 is 2.00 bits per heavy atom. The zero-order valence-corrected chi connectivity index (χ0v) is 11.5. The van der Waals surface area contributed by atoms with Gasteiger partial charge >= 0.3 is 0 Å². The molecule has 4 nitrogen and oxygen atoms in total. The number of thiazole rings is 1. The third kappa shape index (κ3) is 3.48. The van der Waals surface area contributed by atoms with Gasteiger partial charge in [0, 0.05) is 45.7 Å². The van der Waals surface area contributed by atoms with Crippen LogP contribution in [0.3, 0.4) is 0 Å². The largest absolute Gasteiger partial charge is 0.349 e. The van der Waals surface area contributed by atoms with Crippen LogP contribution < -0.4 is 0 Å². The van der Waals surface area contributed by atoms with Crippen LogP contribution >= 0.6 is 11.3 Å². The van der Waals surface area contributed by atoms with Gasteiger partial charge in [-0.05, 0) is 0 Å². The van der Waals surface area contributed by atoms with Gasteiger partial charge in [0.25, 0.3) is 0 Å². The second-order valence-corrected chi connectivity index (χ2v) is 5.13. The monoisotopic (exact) mass is 240 g/mol. The summed E-state index contributed by atoms with van der Waals surface area (Å²) in [6, 6.07) is 0. The standard InChI is InChI=1S/C11H20N4S/c1-9(10-12-6-7-16-10)8-13-11(14(2)3)15(4)5/h6-7,9H,8H2,1-5H3. The van der Waals surface area contributed by atoms with Crippen LogP contribution in [-0.2, 0) is 0 Å². The summed E-state index contributed by atoms with van der Waals surface area (Å²) in [5.74, 6) is 1.37. The van der Waals surface area contributed by atoms with Crippen LogP contribution in [0.4, 0.5) is 0 Å². The molecule has 1 heterocycles. The van der Waals surface area contributed by atoms with Crippen LogP contribution in [0.15, 0.2) is 16.6 Å². The number of aliphatic imine (C=N–C) groups is 1. The first-order chi connectivity index (χ1) is 7.52. The summed E-state index contributed by atoms with van der Waals surface area (Å²) in [6.45, 7) is 2.93. The second-order valence-electron chi connectivity index (χ2n) is 4.20. The molecule has 1 atom stereocenters. The first-order valence-corrected chi connectivity index (χ1v) is 6.18. The summed E-state index contributed by atoms with van der Waals surface area (Å²) in [5.41, 5.74) is 0. The van der Waals surface area contributed by atoms with E-state index < -0.39 is 0 Å². The van der Waals surface area contributed by atoms with Crippen molar-refractivity contribution < 1.29 is 0 Å². The number of rotatable bonds is 3. The van der Waals surface area contributed by atoms with Crippen molar-refractivity contribution in [3.63, 3.8) is 0 Å². The summed E-state index contributed by atoms with van der Waals surface area (Å²) >= 11 is 1.69. The van der Waals surface area contributed by atoms with Crippen molar-refractivity contribution in [3.8, 4) is 0 Å². The fourth-order valence-corrected chi connectivity index (χ4v) is 2.15. The lowest BCUT2D eigenvalue weighted by atomic mass is 10.2. The normalized spacial score (nSPS) is 12.1. The van der Waals surface area contributed by atoms with E-state index in [2.05, 4.69) is 16.9 Å². The second kappa shape index (κ2) is 5.84. The molecule has 0 spiro atoms. The van der Waals surface area contributed by atoms with Crippen molar-refractivity contribution in [2.45, 2.75) is 12.8 Å². The van der Waals surface area contributed by atoms with E-state index in [1.165, 1.54) is 0 Å². The molecule has 0 fully saturated rings. The SMILES string of the molecule is CC(CN=C(N(C)C)N(C)C)c1nccs1. The molecule has 0 aliphatic rings. The van der Waals surface area contributed by atoms with Crippen LogP contribution in [-0.4, -0.2) is 55.5 Å². The lowest BCUT2D eigenvalue weighted by molar-refractivity contribution is 0.477. The van der Waals surface area contributed by atoms with Gasteiger partial charge in [-0.3, -0.25) is 4.99 Å². The minimum absolute atomic E-state index is 0.384. The zero-order chi connectivity index (χ0) is 12.1. The van der Waals surface area contributed by atoms with E-state index in [0.717, 1.165) is 17.5 Å². The van der Waals surface area contributed by atoms with E-state index in [0.29, 0.717) is 5.92 Å². The quantitative estimate of drug-likeness (QED) is 0.595. The molecular formula is C11H20N4S. The number of nitrogens with zero attached hydrogens (tertiary/aromatic N) is 4. The van der Waals surface area contributed by atoms with Crippen LogP contribution in [0.2, 0.25) is 0 Å². The Bertz CT molecular complexity index is 320. The molecule has 0 aliphatic heterocycles. The van der Waals surface area contributed by atoms with Crippen molar-refractivity contribution in [1.82, 2.24) is 14.8 Å². The zero-order valence-electron chi connectivity index (χ0n) is 10.6. The fraction of sp³-hybridized carbons (Fsp3) is 0.636. The van der Waals surface area contributed by atoms with E-state index in [1.54, 1.807) is 11.3 Å². The van der Waals surface area contributed by atoms with Gasteiger partial charge in [0.1, 0.15) is 0 Å². The number of guanidine groups is 1. The third-order valence-electron chi connectivity index (χ3n) is 2.18. The molecular weight excluding hydrogens is 220 g/mol. The van der Waals surface area contributed by atoms with Crippen LogP contribution in [0.25, 0.3) is 0 Å². The molecule has 0 bridgehead atoms. The van der Waals surface area contributed by atoms with Gasteiger partial charge in [0.15, 0.2) is 5.96 Å². The molecule has 16 heavy (non-hydrogen) atoms. The Balaban J connectivity index is 2.63. The maximum Gasteiger partial charge on any atom is 0.195 e. The van der Waals surface area contributed by atoms with Gasteiger partial charge in [0.05, 0.1) is 11.6 Å². The molecule has 0 N–H and O–H groups in total. The minimum Gasteiger partial charge on any atom is -0.349 e. The molecule has 1 unspecified atom stereocenters. The smallest absolute Gasteiger partial charge is 0.195 e. The maximum atomic E-state index is 4.61. The summed E-state index contributed by atoms with van der Waals surface area (Å²) in [4.78, 5) is 13.0. The molecule has 1 aromatic rings. The average molecular weight is 240 g/mol. The van der Waals surface area contributed by atoms with Gasteiger partial charge in [-0.1, -0.05) is 6.92 Å². The predicted octanol–water partition coefficient (Wildman–Crippen LogP) is 1.73. The van der Waals surface area contributed by atoms with Gasteiger partial charge in [-0.15, -0.1) is 11.3 Å². The lowest BCUT2D eigenvalue weighted by Gasteiger charge is -2.23. The van der Waals surface area contributed by atoms with Gasteiger partial charge in [-0.2, -0.15) is 0 Å². The predicted molar refractivity (Wildman–Crippen MR) is 70.2 cm³/mol. The first-order valence-electron chi connectivity index (χ1n) is 5.31. The van der Waals surface area contributed by atoms with Crippen LogP contribution in [0, 0.1) is 0 Å². The van der Waals surface area contributed by atoms with Gasteiger partial charge < -0.3 is 9.80 Å². The Morgan fingerprint density at radius 3 is 2.44 bits per heavy atom. The fourth-order valence-electron chi connectivity index (χ4n) is 1.46. The number of hydrogen-bond acceptors (Lipinski definition) is 3. The Hall–Kier alpha value is -1.10. The van der Waals surface area contributed by atoms with Crippen molar-refractivity contribution in [2.75, 3.05) is 34.7 Å². The molecule has 1 aromatic heterocycles. The van der Waals surface area contributed by atoms with Crippen molar-refractivity contribution in [1.29, 1.82) is 0 Å².